The van der Waals surface area contributed by atoms with E-state index < -0.39 is 29.3 Å². The summed E-state index contributed by atoms with van der Waals surface area (Å²) in [6.07, 6.45) is -0.423. The summed E-state index contributed by atoms with van der Waals surface area (Å²) in [5.74, 6) is -1.20. The fourth-order valence-electron chi connectivity index (χ4n) is 2.48. The number of ether oxygens (including phenoxy) is 3. The molecule has 11 nitrogen and oxygen atoms in total. The van der Waals surface area contributed by atoms with Gasteiger partial charge in [-0.25, -0.2) is 0 Å². The van der Waals surface area contributed by atoms with Crippen LogP contribution in [0.1, 0.15) is 12.8 Å². The topological polar surface area (TPSA) is 146 Å². The van der Waals surface area contributed by atoms with E-state index in [2.05, 4.69) is 10.6 Å². The molecule has 2 aromatic rings. The number of benzene rings is 2. The SMILES string of the molecule is COc1ccc([N+](=O)[O-])c(NC(=O)COC(=O)CCC(=O)Nc2ccccc2OC)c1. The van der Waals surface area contributed by atoms with Crippen molar-refractivity contribution < 1.29 is 33.5 Å². The molecular formula is C20H21N3O8. The number of nitro groups is 1. The summed E-state index contributed by atoms with van der Waals surface area (Å²) in [7, 11) is 2.84. The molecule has 0 heterocycles. The highest BCUT2D eigenvalue weighted by atomic mass is 16.6. The number of carbonyl (C=O) groups excluding carboxylic acids is 3. The van der Waals surface area contributed by atoms with Gasteiger partial charge in [0, 0.05) is 18.6 Å². The van der Waals surface area contributed by atoms with Crippen molar-refractivity contribution in [3.63, 3.8) is 0 Å². The summed E-state index contributed by atoms with van der Waals surface area (Å²) in [6.45, 7) is -0.665. The van der Waals surface area contributed by atoms with E-state index in [1.165, 1.54) is 32.4 Å². The summed E-state index contributed by atoms with van der Waals surface area (Å²) in [6, 6.07) is 10.6. The van der Waals surface area contributed by atoms with Crippen LogP contribution in [0.5, 0.6) is 11.5 Å². The summed E-state index contributed by atoms with van der Waals surface area (Å²) >= 11 is 0. The van der Waals surface area contributed by atoms with Crippen LogP contribution in [-0.2, 0) is 19.1 Å². The lowest BCUT2D eigenvalue weighted by Gasteiger charge is -2.10. The zero-order valence-corrected chi connectivity index (χ0v) is 16.9. The van der Waals surface area contributed by atoms with Gasteiger partial charge in [-0.05, 0) is 18.2 Å². The van der Waals surface area contributed by atoms with Crippen LogP contribution in [0.15, 0.2) is 42.5 Å². The van der Waals surface area contributed by atoms with Gasteiger partial charge in [0.15, 0.2) is 6.61 Å². The van der Waals surface area contributed by atoms with Crippen LogP contribution >= 0.6 is 0 Å². The maximum atomic E-state index is 12.0. The van der Waals surface area contributed by atoms with Gasteiger partial charge in [-0.3, -0.25) is 24.5 Å². The molecule has 11 heteroatoms. The second-order valence-corrected chi connectivity index (χ2v) is 6.10. The van der Waals surface area contributed by atoms with Crippen LogP contribution in [0.2, 0.25) is 0 Å². The van der Waals surface area contributed by atoms with Gasteiger partial charge >= 0.3 is 5.97 Å². The van der Waals surface area contributed by atoms with Crippen LogP contribution in [0, 0.1) is 10.1 Å². The highest BCUT2D eigenvalue weighted by Crippen LogP contribution is 2.28. The molecule has 0 bridgehead atoms. The minimum Gasteiger partial charge on any atom is -0.497 e. The molecule has 2 rings (SSSR count). The van der Waals surface area contributed by atoms with Crippen molar-refractivity contribution in [2.45, 2.75) is 12.8 Å². The average molecular weight is 431 g/mol. The maximum absolute atomic E-state index is 12.0. The fraction of sp³-hybridized carbons (Fsp3) is 0.250. The number of carbonyl (C=O) groups is 3. The van der Waals surface area contributed by atoms with E-state index in [9.17, 15) is 24.5 Å². The lowest BCUT2D eigenvalue weighted by atomic mass is 10.2. The number of para-hydroxylation sites is 2. The van der Waals surface area contributed by atoms with Crippen molar-refractivity contribution in [2.24, 2.45) is 0 Å². The monoisotopic (exact) mass is 431 g/mol. The van der Waals surface area contributed by atoms with Gasteiger partial charge in [-0.15, -0.1) is 0 Å². The Hall–Kier alpha value is -4.15. The Labute approximate surface area is 177 Å². The van der Waals surface area contributed by atoms with E-state index in [0.29, 0.717) is 17.2 Å². The number of nitrogens with zero attached hydrogens (tertiary/aromatic N) is 1. The summed E-state index contributed by atoms with van der Waals surface area (Å²) < 4.78 is 14.9. The van der Waals surface area contributed by atoms with E-state index in [1.54, 1.807) is 24.3 Å². The number of hydrogen-bond acceptors (Lipinski definition) is 8. The fourth-order valence-corrected chi connectivity index (χ4v) is 2.48. The van der Waals surface area contributed by atoms with Crippen LogP contribution in [0.3, 0.4) is 0 Å². The van der Waals surface area contributed by atoms with Crippen LogP contribution in [-0.4, -0.2) is 43.5 Å². The summed E-state index contributed by atoms with van der Waals surface area (Å²) in [4.78, 5) is 46.2. The third kappa shape index (κ3) is 6.99. The van der Waals surface area contributed by atoms with Gasteiger partial charge in [-0.2, -0.15) is 0 Å². The highest BCUT2D eigenvalue weighted by molar-refractivity contribution is 5.96. The van der Waals surface area contributed by atoms with Gasteiger partial charge < -0.3 is 24.8 Å². The molecule has 0 saturated carbocycles. The van der Waals surface area contributed by atoms with E-state index in [4.69, 9.17) is 14.2 Å². The normalized spacial score (nSPS) is 10.0. The predicted octanol–water partition coefficient (Wildman–Crippen LogP) is 2.51. The number of nitrogens with one attached hydrogen (secondary N) is 2. The average Bonchev–Trinajstić information content (AvgIpc) is 2.76. The van der Waals surface area contributed by atoms with Gasteiger partial charge in [-0.1, -0.05) is 12.1 Å². The predicted molar refractivity (Wildman–Crippen MR) is 110 cm³/mol. The molecule has 0 fully saturated rings. The molecule has 0 unspecified atom stereocenters. The lowest BCUT2D eigenvalue weighted by molar-refractivity contribution is -0.383. The molecular weight excluding hydrogens is 410 g/mol. The van der Waals surface area contributed by atoms with Crippen molar-refractivity contribution in [1.29, 1.82) is 0 Å². The standard InChI is InChI=1S/C20H21N3O8/c1-29-13-7-8-16(23(27)28)15(11-13)22-19(25)12-31-20(26)10-9-18(24)21-14-5-3-4-6-17(14)30-2/h3-8,11H,9-10,12H2,1-2H3,(H,21,24)(H,22,25). The Kier molecular flexibility index (Phi) is 8.31. The van der Waals surface area contributed by atoms with Crippen LogP contribution in [0.4, 0.5) is 17.1 Å². The number of nitro benzene ring substituents is 1. The second kappa shape index (κ2) is 11.1. The van der Waals surface area contributed by atoms with Crippen molar-refractivity contribution in [3.8, 4) is 11.5 Å². The molecule has 0 radical (unpaired) electrons. The molecule has 0 aliphatic rings. The lowest BCUT2D eigenvalue weighted by Crippen LogP contribution is -2.22. The largest absolute Gasteiger partial charge is 0.497 e. The molecule has 2 amide bonds. The van der Waals surface area contributed by atoms with Crippen molar-refractivity contribution in [1.82, 2.24) is 0 Å². The minimum absolute atomic E-state index is 0.0958. The first-order valence-corrected chi connectivity index (χ1v) is 9.04. The Morgan fingerprint density at radius 3 is 2.32 bits per heavy atom. The Balaban J connectivity index is 1.81. The molecule has 164 valence electrons. The third-order valence-corrected chi connectivity index (χ3v) is 3.98. The molecule has 0 aliphatic heterocycles. The molecule has 0 spiro atoms. The number of esters is 1. The molecule has 0 aromatic heterocycles. The van der Waals surface area contributed by atoms with E-state index in [1.807, 2.05) is 0 Å². The Morgan fingerprint density at radius 1 is 0.935 bits per heavy atom. The zero-order valence-electron chi connectivity index (χ0n) is 16.9. The number of hydrogen-bond donors (Lipinski definition) is 2. The van der Waals surface area contributed by atoms with Crippen molar-refractivity contribution in [3.05, 3.63) is 52.6 Å². The number of rotatable bonds is 10. The van der Waals surface area contributed by atoms with E-state index in [-0.39, 0.29) is 24.2 Å². The number of methoxy groups -OCH3 is 2. The quantitative estimate of drug-likeness (QED) is 0.331. The molecule has 0 atom stereocenters. The molecule has 31 heavy (non-hydrogen) atoms. The van der Waals surface area contributed by atoms with Crippen molar-refractivity contribution >= 4 is 34.8 Å². The summed E-state index contributed by atoms with van der Waals surface area (Å²) in [5.41, 5.74) is 0.0256. The first-order valence-electron chi connectivity index (χ1n) is 9.04. The first-order chi connectivity index (χ1) is 14.8. The molecule has 0 saturated heterocycles. The smallest absolute Gasteiger partial charge is 0.306 e. The highest BCUT2D eigenvalue weighted by Gasteiger charge is 2.18. The van der Waals surface area contributed by atoms with Crippen LogP contribution in [0.25, 0.3) is 0 Å². The third-order valence-electron chi connectivity index (χ3n) is 3.98. The minimum atomic E-state index is -0.775. The van der Waals surface area contributed by atoms with Gasteiger partial charge in [0.1, 0.15) is 17.2 Å². The molecule has 0 aliphatic carbocycles. The first kappa shape index (κ1) is 23.1. The summed E-state index contributed by atoms with van der Waals surface area (Å²) in [5, 5.41) is 16.0. The maximum Gasteiger partial charge on any atom is 0.306 e. The van der Waals surface area contributed by atoms with Crippen LogP contribution < -0.4 is 20.1 Å². The number of anilines is 2. The van der Waals surface area contributed by atoms with Gasteiger partial charge in [0.2, 0.25) is 5.91 Å². The van der Waals surface area contributed by atoms with E-state index >= 15 is 0 Å². The molecule has 2 aromatic carbocycles. The zero-order chi connectivity index (χ0) is 22.8. The number of amides is 2. The van der Waals surface area contributed by atoms with E-state index in [0.717, 1.165) is 0 Å². The van der Waals surface area contributed by atoms with Gasteiger partial charge in [0.25, 0.3) is 11.6 Å². The van der Waals surface area contributed by atoms with Crippen molar-refractivity contribution in [2.75, 3.05) is 31.5 Å². The Morgan fingerprint density at radius 2 is 1.65 bits per heavy atom. The second-order valence-electron chi connectivity index (χ2n) is 6.10. The Bertz CT molecular complexity index is 977. The van der Waals surface area contributed by atoms with Gasteiger partial charge in [0.05, 0.1) is 31.3 Å². The molecule has 2 N–H and O–H groups in total.